The SMILES string of the molecule is Cc1[nH]c([C@@H]2CCc3cc(-c4cc(Cl)ccc4-n4cnnn4)cc(=O)n32)nc1-c1ccc(N(C)C(=O)O)cn1. The number of aryl methyl sites for hydroxylation is 2. The summed E-state index contributed by atoms with van der Waals surface area (Å²) in [5, 5.41) is 21.1. The van der Waals surface area contributed by atoms with Gasteiger partial charge in [-0.3, -0.25) is 14.7 Å². The number of imidazole rings is 1. The van der Waals surface area contributed by atoms with E-state index in [-0.39, 0.29) is 11.6 Å². The van der Waals surface area contributed by atoms with Crippen LogP contribution < -0.4 is 10.5 Å². The molecule has 0 aliphatic carbocycles. The lowest BCUT2D eigenvalue weighted by atomic mass is 10.0. The van der Waals surface area contributed by atoms with Crippen molar-refractivity contribution in [3.05, 3.63) is 87.6 Å². The van der Waals surface area contributed by atoms with Gasteiger partial charge in [0.15, 0.2) is 0 Å². The Balaban J connectivity index is 1.35. The summed E-state index contributed by atoms with van der Waals surface area (Å²) in [5.74, 6) is 0.668. The van der Waals surface area contributed by atoms with Crippen LogP contribution in [-0.2, 0) is 6.42 Å². The molecular weight excluding hydrogens is 522 g/mol. The van der Waals surface area contributed by atoms with Gasteiger partial charge in [-0.15, -0.1) is 5.10 Å². The molecule has 0 fully saturated rings. The van der Waals surface area contributed by atoms with E-state index in [0.29, 0.717) is 46.5 Å². The molecule has 1 aliphatic rings. The van der Waals surface area contributed by atoms with Crippen LogP contribution in [0.4, 0.5) is 10.5 Å². The minimum atomic E-state index is -1.07. The Morgan fingerprint density at radius 2 is 2.05 bits per heavy atom. The largest absolute Gasteiger partial charge is 0.465 e. The number of benzene rings is 1. The highest BCUT2D eigenvalue weighted by atomic mass is 35.5. The summed E-state index contributed by atoms with van der Waals surface area (Å²) in [7, 11) is 1.45. The zero-order valence-electron chi connectivity index (χ0n) is 20.9. The fourth-order valence-electron chi connectivity index (χ4n) is 4.95. The van der Waals surface area contributed by atoms with Crippen LogP contribution in [0.25, 0.3) is 28.2 Å². The highest BCUT2D eigenvalue weighted by molar-refractivity contribution is 6.31. The zero-order chi connectivity index (χ0) is 27.3. The number of tetrazole rings is 1. The van der Waals surface area contributed by atoms with Crippen LogP contribution in [0.5, 0.6) is 0 Å². The number of hydrogen-bond acceptors (Lipinski definition) is 7. The van der Waals surface area contributed by atoms with Gasteiger partial charge in [0.2, 0.25) is 0 Å². The molecule has 1 amide bonds. The first-order valence-electron chi connectivity index (χ1n) is 12.1. The highest BCUT2D eigenvalue weighted by Crippen LogP contribution is 2.35. The van der Waals surface area contributed by atoms with Gasteiger partial charge in [0.05, 0.1) is 29.3 Å². The van der Waals surface area contributed by atoms with Crippen molar-refractivity contribution in [3.8, 4) is 28.2 Å². The minimum Gasteiger partial charge on any atom is -0.465 e. The molecule has 5 aromatic rings. The van der Waals surface area contributed by atoms with Crippen molar-refractivity contribution in [2.45, 2.75) is 25.8 Å². The molecule has 39 heavy (non-hydrogen) atoms. The molecule has 1 aliphatic heterocycles. The number of aromatic amines is 1. The molecule has 5 heterocycles. The van der Waals surface area contributed by atoms with E-state index in [1.54, 1.807) is 34.9 Å². The van der Waals surface area contributed by atoms with Gasteiger partial charge in [-0.2, -0.15) is 4.68 Å². The number of rotatable bonds is 5. The molecule has 1 atom stereocenters. The van der Waals surface area contributed by atoms with Gasteiger partial charge in [0, 0.05) is 35.1 Å². The quantitative estimate of drug-likeness (QED) is 0.339. The first kappa shape index (κ1) is 24.5. The van der Waals surface area contributed by atoms with Crippen LogP contribution >= 0.6 is 11.6 Å². The number of fused-ring (bicyclic) bond motifs is 1. The smallest absolute Gasteiger partial charge is 0.411 e. The van der Waals surface area contributed by atoms with Crippen molar-refractivity contribution >= 4 is 23.4 Å². The van der Waals surface area contributed by atoms with Gasteiger partial charge < -0.3 is 14.7 Å². The predicted molar refractivity (Wildman–Crippen MR) is 143 cm³/mol. The van der Waals surface area contributed by atoms with Gasteiger partial charge in [-0.25, -0.2) is 9.78 Å². The van der Waals surface area contributed by atoms with E-state index in [1.165, 1.54) is 24.3 Å². The third-order valence-corrected chi connectivity index (χ3v) is 7.12. The average Bonchev–Trinajstić information content (AvgIpc) is 3.68. The maximum absolute atomic E-state index is 13.5. The number of hydrogen-bond donors (Lipinski definition) is 2. The normalized spacial score (nSPS) is 14.4. The second kappa shape index (κ2) is 9.48. The maximum atomic E-state index is 13.5. The van der Waals surface area contributed by atoms with Crippen molar-refractivity contribution < 1.29 is 9.90 Å². The van der Waals surface area contributed by atoms with Gasteiger partial charge in [-0.1, -0.05) is 11.6 Å². The van der Waals surface area contributed by atoms with Crippen LogP contribution in [0, 0.1) is 6.92 Å². The van der Waals surface area contributed by atoms with E-state index in [9.17, 15) is 14.7 Å². The number of pyridine rings is 2. The Morgan fingerprint density at radius 1 is 1.21 bits per heavy atom. The molecule has 0 radical (unpaired) electrons. The summed E-state index contributed by atoms with van der Waals surface area (Å²) in [6.07, 6.45) is 3.31. The lowest BCUT2D eigenvalue weighted by molar-refractivity contribution is 0.203. The minimum absolute atomic E-state index is 0.151. The number of carbonyl (C=O) groups is 1. The fourth-order valence-corrected chi connectivity index (χ4v) is 5.12. The zero-order valence-corrected chi connectivity index (χ0v) is 21.7. The molecule has 4 aromatic heterocycles. The maximum Gasteiger partial charge on any atom is 0.411 e. The van der Waals surface area contributed by atoms with Crippen molar-refractivity contribution in [3.63, 3.8) is 0 Å². The Kier molecular flexibility index (Phi) is 5.95. The third kappa shape index (κ3) is 4.34. The summed E-state index contributed by atoms with van der Waals surface area (Å²) in [5.41, 5.74) is 5.44. The molecule has 2 N–H and O–H groups in total. The highest BCUT2D eigenvalue weighted by Gasteiger charge is 2.29. The second-order valence-electron chi connectivity index (χ2n) is 9.25. The summed E-state index contributed by atoms with van der Waals surface area (Å²) < 4.78 is 3.30. The van der Waals surface area contributed by atoms with E-state index >= 15 is 0 Å². The van der Waals surface area contributed by atoms with Gasteiger partial charge in [0.25, 0.3) is 5.56 Å². The number of carboxylic acid groups (broad SMARTS) is 1. The van der Waals surface area contributed by atoms with E-state index in [1.807, 2.05) is 19.1 Å². The molecule has 12 nitrogen and oxygen atoms in total. The van der Waals surface area contributed by atoms with Gasteiger partial charge >= 0.3 is 6.09 Å². The topological polar surface area (TPSA) is 148 Å². The van der Waals surface area contributed by atoms with Crippen molar-refractivity contribution in [2.75, 3.05) is 11.9 Å². The number of aromatic nitrogens is 8. The number of nitrogens with zero attached hydrogens (tertiary/aromatic N) is 8. The molecular formula is C26H22ClN9O3. The van der Waals surface area contributed by atoms with E-state index < -0.39 is 6.09 Å². The average molecular weight is 544 g/mol. The summed E-state index contributed by atoms with van der Waals surface area (Å²) in [6, 6.07) is 12.1. The first-order valence-corrected chi connectivity index (χ1v) is 12.5. The van der Waals surface area contributed by atoms with Crippen LogP contribution in [0.1, 0.15) is 29.7 Å². The Bertz CT molecular complexity index is 1760. The van der Waals surface area contributed by atoms with E-state index in [0.717, 1.165) is 27.4 Å². The number of nitrogens with one attached hydrogen (secondary N) is 1. The molecule has 0 saturated carbocycles. The molecule has 0 saturated heterocycles. The van der Waals surface area contributed by atoms with Crippen molar-refractivity contribution in [1.82, 2.24) is 39.7 Å². The number of anilines is 1. The van der Waals surface area contributed by atoms with Gasteiger partial charge in [-0.05, 0) is 72.2 Å². The number of amides is 1. The van der Waals surface area contributed by atoms with Crippen LogP contribution in [0.15, 0.2) is 59.8 Å². The molecule has 13 heteroatoms. The van der Waals surface area contributed by atoms with Gasteiger partial charge in [0.1, 0.15) is 17.8 Å². The standard InChI is InChI=1S/C26H22ClN9O3/c1-14-24(20-6-4-18(12-28-20)34(2)26(38)39)31-25(30-14)22-8-5-17-9-15(10-23(37)36(17)22)19-11-16(27)3-7-21(19)35-13-29-32-33-35/h3-4,6-7,9-13,22H,5,8H2,1-2H3,(H,30,31)(H,38,39)/t22-/m0/s1. The van der Waals surface area contributed by atoms with Crippen molar-refractivity contribution in [1.29, 1.82) is 0 Å². The summed E-state index contributed by atoms with van der Waals surface area (Å²) in [4.78, 5) is 38.3. The number of H-pyrrole nitrogens is 1. The lowest BCUT2D eigenvalue weighted by Gasteiger charge is -2.15. The molecule has 196 valence electrons. The molecule has 1 aromatic carbocycles. The number of halogens is 1. The fraction of sp³-hybridized carbons (Fsp3) is 0.192. The summed E-state index contributed by atoms with van der Waals surface area (Å²) >= 11 is 6.30. The molecule has 0 unspecified atom stereocenters. The molecule has 6 rings (SSSR count). The van der Waals surface area contributed by atoms with Crippen molar-refractivity contribution in [2.24, 2.45) is 0 Å². The van der Waals surface area contributed by atoms with Crippen LogP contribution in [-0.4, -0.2) is 58.0 Å². The Morgan fingerprint density at radius 3 is 2.77 bits per heavy atom. The Hall–Kier alpha value is -4.84. The molecule has 0 bridgehead atoms. The monoisotopic (exact) mass is 543 g/mol. The third-order valence-electron chi connectivity index (χ3n) is 6.88. The van der Waals surface area contributed by atoms with Crippen LogP contribution in [0.3, 0.4) is 0 Å². The first-order chi connectivity index (χ1) is 18.8. The second-order valence-corrected chi connectivity index (χ2v) is 9.69. The van der Waals surface area contributed by atoms with E-state index in [4.69, 9.17) is 16.6 Å². The van der Waals surface area contributed by atoms with Crippen LogP contribution in [0.2, 0.25) is 5.02 Å². The predicted octanol–water partition coefficient (Wildman–Crippen LogP) is 3.89. The Labute approximate surface area is 226 Å². The lowest BCUT2D eigenvalue weighted by Crippen LogP contribution is -2.24. The van der Waals surface area contributed by atoms with E-state index in [2.05, 4.69) is 25.5 Å². The molecule has 0 spiro atoms. The summed E-state index contributed by atoms with van der Waals surface area (Å²) in [6.45, 7) is 1.90.